The molecule has 1 aliphatic heterocycles. The molecule has 2 aromatic carbocycles. The molecule has 4 nitrogen and oxygen atoms in total. The minimum absolute atomic E-state index is 0.0701. The third kappa shape index (κ3) is 2.60. The molecule has 1 saturated carbocycles. The Morgan fingerprint density at radius 2 is 1.89 bits per heavy atom. The van der Waals surface area contributed by atoms with E-state index in [-0.39, 0.29) is 35.7 Å². The van der Waals surface area contributed by atoms with E-state index < -0.39 is 38.6 Å². The van der Waals surface area contributed by atoms with Crippen molar-refractivity contribution in [1.82, 2.24) is 0 Å². The Balaban J connectivity index is 2.04. The first-order valence-corrected chi connectivity index (χ1v) is 10.8. The maximum absolute atomic E-state index is 15.1. The molecular formula is C20H19ClF2O4S. The molecule has 1 aliphatic carbocycles. The topological polar surface area (TPSA) is 63.6 Å². The van der Waals surface area contributed by atoms with Gasteiger partial charge in [-0.2, -0.15) is 0 Å². The molecule has 2 aliphatic rings. The fraction of sp³-hybridized carbons (Fsp3) is 0.400. The third-order valence-corrected chi connectivity index (χ3v) is 8.71. The maximum atomic E-state index is 15.1. The second-order valence-corrected chi connectivity index (χ2v) is 10.0. The van der Waals surface area contributed by atoms with Gasteiger partial charge in [-0.25, -0.2) is 17.2 Å². The molecule has 1 fully saturated rings. The van der Waals surface area contributed by atoms with Gasteiger partial charge in [0.2, 0.25) is 0 Å². The summed E-state index contributed by atoms with van der Waals surface area (Å²) < 4.78 is 61.5. The Hall–Kier alpha value is -1.70. The lowest BCUT2D eigenvalue weighted by atomic mass is 9.70. The van der Waals surface area contributed by atoms with E-state index >= 15 is 8.78 Å². The summed E-state index contributed by atoms with van der Waals surface area (Å²) in [6.45, 7) is 1.42. The molecule has 2 aromatic rings. The van der Waals surface area contributed by atoms with Gasteiger partial charge >= 0.3 is 0 Å². The summed E-state index contributed by atoms with van der Waals surface area (Å²) in [7, 11) is -4.24. The third-order valence-electron chi connectivity index (χ3n) is 5.90. The second-order valence-electron chi connectivity index (χ2n) is 7.38. The van der Waals surface area contributed by atoms with Gasteiger partial charge in [0.05, 0.1) is 29.1 Å². The first-order valence-electron chi connectivity index (χ1n) is 8.95. The number of halogens is 3. The van der Waals surface area contributed by atoms with Crippen molar-refractivity contribution >= 4 is 21.4 Å². The fourth-order valence-corrected chi connectivity index (χ4v) is 6.96. The van der Waals surface area contributed by atoms with E-state index in [4.69, 9.17) is 16.3 Å². The van der Waals surface area contributed by atoms with Crippen molar-refractivity contribution in [1.29, 1.82) is 0 Å². The van der Waals surface area contributed by atoms with Crippen LogP contribution in [0, 0.1) is 18.7 Å². The van der Waals surface area contributed by atoms with Gasteiger partial charge in [-0.3, -0.25) is 0 Å². The van der Waals surface area contributed by atoms with Gasteiger partial charge in [-0.05, 0) is 55.7 Å². The van der Waals surface area contributed by atoms with Gasteiger partial charge in [0.15, 0.2) is 9.84 Å². The average Bonchev–Trinajstić information content (AvgIpc) is 2.67. The van der Waals surface area contributed by atoms with Crippen LogP contribution in [0.4, 0.5) is 8.78 Å². The predicted octanol–water partition coefficient (Wildman–Crippen LogP) is 3.96. The van der Waals surface area contributed by atoms with Crippen LogP contribution >= 0.6 is 11.6 Å². The Morgan fingerprint density at radius 1 is 1.21 bits per heavy atom. The molecule has 0 aromatic heterocycles. The van der Waals surface area contributed by atoms with Crippen LogP contribution in [0.5, 0.6) is 5.75 Å². The van der Waals surface area contributed by atoms with Crippen LogP contribution in [0.3, 0.4) is 0 Å². The van der Waals surface area contributed by atoms with Gasteiger partial charge in [-0.15, -0.1) is 0 Å². The monoisotopic (exact) mass is 428 g/mol. The number of aliphatic hydroxyl groups excluding tert-OH is 1. The summed E-state index contributed by atoms with van der Waals surface area (Å²) in [5.41, 5.74) is 0.426. The lowest BCUT2D eigenvalue weighted by Gasteiger charge is -2.49. The lowest BCUT2D eigenvalue weighted by molar-refractivity contribution is -0.0374. The first kappa shape index (κ1) is 19.6. The standard InChI is InChI=1S/C20H19ClF2O4S/c1-11-2-7-15(22)17-19(11)27-10-14-18(23)16(24)8-9-20(14,17)28(25,26)13-5-3-12(21)4-6-13/h2-7,14,16,18,24H,8-10H2,1H3/t14-,16-,18-,20-/m0/s1. The summed E-state index contributed by atoms with van der Waals surface area (Å²) in [6, 6.07) is 8.21. The smallest absolute Gasteiger partial charge is 0.188 e. The molecule has 0 saturated heterocycles. The number of hydrogen-bond donors (Lipinski definition) is 1. The first-order chi connectivity index (χ1) is 13.2. The van der Waals surface area contributed by atoms with Crippen LogP contribution in [-0.2, 0) is 14.6 Å². The Morgan fingerprint density at radius 3 is 2.57 bits per heavy atom. The normalized spacial score (nSPS) is 29.5. The number of ether oxygens (including phenoxy) is 1. The summed E-state index contributed by atoms with van der Waals surface area (Å²) in [5, 5.41) is 10.4. The zero-order valence-electron chi connectivity index (χ0n) is 15.0. The van der Waals surface area contributed by atoms with Crippen molar-refractivity contribution in [2.24, 2.45) is 5.92 Å². The minimum atomic E-state index is -4.24. The molecular weight excluding hydrogens is 410 g/mol. The quantitative estimate of drug-likeness (QED) is 0.786. The minimum Gasteiger partial charge on any atom is -0.492 e. The van der Waals surface area contributed by atoms with E-state index in [2.05, 4.69) is 0 Å². The van der Waals surface area contributed by atoms with Crippen molar-refractivity contribution in [2.45, 2.75) is 41.7 Å². The van der Waals surface area contributed by atoms with E-state index in [0.717, 1.165) is 0 Å². The maximum Gasteiger partial charge on any atom is 0.188 e. The molecule has 150 valence electrons. The number of rotatable bonds is 2. The number of hydrogen-bond acceptors (Lipinski definition) is 4. The molecule has 4 atom stereocenters. The molecule has 4 rings (SSSR count). The number of sulfone groups is 1. The molecule has 1 N–H and O–H groups in total. The van der Waals surface area contributed by atoms with Crippen molar-refractivity contribution in [3.05, 3.63) is 58.4 Å². The highest BCUT2D eigenvalue weighted by atomic mass is 35.5. The summed E-state index contributed by atoms with van der Waals surface area (Å²) >= 11 is 5.88. The zero-order valence-corrected chi connectivity index (χ0v) is 16.6. The summed E-state index contributed by atoms with van der Waals surface area (Å²) in [6.07, 6.45) is -3.39. The number of aryl methyl sites for hydroxylation is 1. The van der Waals surface area contributed by atoms with E-state index in [1.807, 2.05) is 0 Å². The molecule has 0 amide bonds. The zero-order chi connectivity index (χ0) is 20.3. The molecule has 28 heavy (non-hydrogen) atoms. The highest BCUT2D eigenvalue weighted by Gasteiger charge is 2.62. The molecule has 1 heterocycles. The van der Waals surface area contributed by atoms with E-state index in [1.54, 1.807) is 6.92 Å². The highest BCUT2D eigenvalue weighted by molar-refractivity contribution is 7.92. The van der Waals surface area contributed by atoms with E-state index in [9.17, 15) is 13.5 Å². The number of fused-ring (bicyclic) bond motifs is 3. The average molecular weight is 429 g/mol. The Labute approximate surface area is 167 Å². The highest BCUT2D eigenvalue weighted by Crippen LogP contribution is 2.57. The lowest BCUT2D eigenvalue weighted by Crippen LogP contribution is -2.58. The molecule has 8 heteroatoms. The van der Waals surface area contributed by atoms with Crippen LogP contribution in [0.15, 0.2) is 41.3 Å². The number of benzene rings is 2. The van der Waals surface area contributed by atoms with Crippen LogP contribution in [0.2, 0.25) is 5.02 Å². The van der Waals surface area contributed by atoms with Crippen molar-refractivity contribution < 1.29 is 27.0 Å². The molecule has 0 bridgehead atoms. The van der Waals surface area contributed by atoms with Gasteiger partial charge < -0.3 is 9.84 Å². The summed E-state index contributed by atoms with van der Waals surface area (Å²) in [5.74, 6) is -1.86. The van der Waals surface area contributed by atoms with Gasteiger partial charge in [0.25, 0.3) is 0 Å². The molecule has 0 unspecified atom stereocenters. The van der Waals surface area contributed by atoms with Crippen LogP contribution in [-0.4, -0.2) is 32.4 Å². The largest absolute Gasteiger partial charge is 0.492 e. The fourth-order valence-electron chi connectivity index (χ4n) is 4.48. The van der Waals surface area contributed by atoms with Crippen molar-refractivity contribution in [3.8, 4) is 5.75 Å². The van der Waals surface area contributed by atoms with Gasteiger partial charge in [0.1, 0.15) is 22.5 Å². The molecule has 0 radical (unpaired) electrons. The second kappa shape index (κ2) is 6.68. The Bertz CT molecular complexity index is 1030. The SMILES string of the molecule is Cc1ccc(F)c2c1OC[C@H]1[C@H](F)[C@@H](O)CC[C@@]21S(=O)(=O)c1ccc(Cl)cc1. The van der Waals surface area contributed by atoms with Crippen molar-refractivity contribution in [2.75, 3.05) is 6.61 Å². The van der Waals surface area contributed by atoms with Gasteiger partial charge in [-0.1, -0.05) is 17.7 Å². The van der Waals surface area contributed by atoms with Gasteiger partial charge in [0, 0.05) is 5.02 Å². The summed E-state index contributed by atoms with van der Waals surface area (Å²) in [4.78, 5) is -0.0701. The van der Waals surface area contributed by atoms with E-state index in [0.29, 0.717) is 10.6 Å². The predicted molar refractivity (Wildman–Crippen MR) is 101 cm³/mol. The Kier molecular flexibility index (Phi) is 4.68. The van der Waals surface area contributed by atoms with Crippen molar-refractivity contribution in [3.63, 3.8) is 0 Å². The molecule has 0 spiro atoms. The van der Waals surface area contributed by atoms with Crippen LogP contribution in [0.1, 0.15) is 24.0 Å². The number of aliphatic hydroxyl groups is 1. The van der Waals surface area contributed by atoms with E-state index in [1.165, 1.54) is 36.4 Å². The van der Waals surface area contributed by atoms with Crippen LogP contribution in [0.25, 0.3) is 0 Å². The van der Waals surface area contributed by atoms with Crippen LogP contribution < -0.4 is 4.74 Å². The number of alkyl halides is 1.